The smallest absolute Gasteiger partial charge is 0.0462 e. The molecule has 0 fully saturated rings. The Morgan fingerprint density at radius 1 is 0.429 bits per heavy atom. The van der Waals surface area contributed by atoms with Crippen molar-refractivity contribution in [2.45, 2.75) is 12.8 Å². The molecule has 49 heavy (non-hydrogen) atoms. The molecule has 10 rings (SSSR count). The molecular weight excluding hydrogens is 591 g/mol. The monoisotopic (exact) mass is 623 g/mol. The van der Waals surface area contributed by atoms with Crippen LogP contribution in [0.3, 0.4) is 0 Å². The molecule has 1 nitrogen and oxygen atoms in total. The third-order valence-electron chi connectivity index (χ3n) is 10.5. The van der Waals surface area contributed by atoms with Crippen LogP contribution in [0.2, 0.25) is 0 Å². The average molecular weight is 624 g/mol. The Balaban J connectivity index is 1.19. The van der Waals surface area contributed by atoms with Gasteiger partial charge in [-0.05, 0) is 126 Å². The molecule has 0 amide bonds. The van der Waals surface area contributed by atoms with Gasteiger partial charge in [-0.15, -0.1) is 0 Å². The Morgan fingerprint density at radius 2 is 0.980 bits per heavy atom. The lowest BCUT2D eigenvalue weighted by Gasteiger charge is -2.26. The fourth-order valence-electron chi connectivity index (χ4n) is 8.37. The second-order valence-electron chi connectivity index (χ2n) is 13.2. The highest BCUT2D eigenvalue weighted by molar-refractivity contribution is 6.22. The van der Waals surface area contributed by atoms with E-state index in [-0.39, 0.29) is 0 Å². The molecule has 2 aliphatic carbocycles. The van der Waals surface area contributed by atoms with Crippen LogP contribution in [-0.2, 0) is 6.42 Å². The van der Waals surface area contributed by atoms with E-state index in [1.807, 2.05) is 0 Å². The Bertz CT molecular complexity index is 2530. The van der Waals surface area contributed by atoms with Gasteiger partial charge in [-0.1, -0.05) is 140 Å². The van der Waals surface area contributed by atoms with E-state index in [4.69, 9.17) is 0 Å². The lowest BCUT2D eigenvalue weighted by atomic mass is 9.77. The molecule has 0 aromatic heterocycles. The second-order valence-corrected chi connectivity index (χ2v) is 13.2. The first-order valence-corrected chi connectivity index (χ1v) is 17.2. The zero-order valence-electron chi connectivity index (χ0n) is 27.1. The van der Waals surface area contributed by atoms with Gasteiger partial charge in [-0.25, -0.2) is 0 Å². The molecule has 0 heterocycles. The molecule has 0 radical (unpaired) electrons. The Kier molecular flexibility index (Phi) is 6.38. The zero-order chi connectivity index (χ0) is 32.3. The van der Waals surface area contributed by atoms with Crippen molar-refractivity contribution in [3.8, 4) is 22.3 Å². The fraction of sp³-hybridized carbons (Fsp3) is 0.0417. The van der Waals surface area contributed by atoms with Crippen LogP contribution in [0, 0.1) is 0 Å². The standard InChI is InChI=1S/C48H33N/c1-3-14-36(15-4-1)49(37-16-5-2-6-17-37)38-28-24-34(25-29-38)46-39-18-7-9-20-41(39)48(42-21-10-8-19-40(42)46)44-31-27-35-23-22-32-12-11-13-33-26-30-43(44)47(35)45(32)33/h1-12,14-29,31H,13,30H2. The Hall–Kier alpha value is -6.18. The largest absolute Gasteiger partial charge is 0.311 e. The highest BCUT2D eigenvalue weighted by atomic mass is 15.1. The molecule has 0 atom stereocenters. The molecule has 0 N–H and O–H groups in total. The van der Waals surface area contributed by atoms with Crippen LogP contribution in [0.5, 0.6) is 0 Å². The van der Waals surface area contributed by atoms with Crippen LogP contribution in [-0.4, -0.2) is 0 Å². The van der Waals surface area contributed by atoms with Crippen LogP contribution in [0.1, 0.15) is 23.1 Å². The Labute approximate surface area is 286 Å². The fourth-order valence-corrected chi connectivity index (χ4v) is 8.37. The molecule has 230 valence electrons. The number of para-hydroxylation sites is 2. The van der Waals surface area contributed by atoms with Crippen LogP contribution in [0.4, 0.5) is 17.1 Å². The quantitative estimate of drug-likeness (QED) is 0.172. The van der Waals surface area contributed by atoms with Crippen molar-refractivity contribution in [1.29, 1.82) is 0 Å². The van der Waals surface area contributed by atoms with Gasteiger partial charge in [0.2, 0.25) is 0 Å². The number of allylic oxidation sites excluding steroid dienone is 3. The summed E-state index contributed by atoms with van der Waals surface area (Å²) in [5.74, 6) is 0. The minimum absolute atomic E-state index is 0.956. The van der Waals surface area contributed by atoms with Crippen LogP contribution < -0.4 is 4.90 Å². The topological polar surface area (TPSA) is 3.24 Å². The predicted molar refractivity (Wildman–Crippen MR) is 210 cm³/mol. The molecule has 2 aliphatic rings. The normalized spacial score (nSPS) is 13.2. The predicted octanol–water partition coefficient (Wildman–Crippen LogP) is 13.3. The summed E-state index contributed by atoms with van der Waals surface area (Å²) in [6.45, 7) is 0. The molecule has 1 heteroatoms. The number of fused-ring (bicyclic) bond motifs is 2. The molecule has 0 bridgehead atoms. The summed E-state index contributed by atoms with van der Waals surface area (Å²) >= 11 is 0. The molecule has 0 spiro atoms. The van der Waals surface area contributed by atoms with Crippen molar-refractivity contribution in [2.24, 2.45) is 0 Å². The van der Waals surface area contributed by atoms with E-state index < -0.39 is 0 Å². The van der Waals surface area contributed by atoms with Crippen molar-refractivity contribution >= 4 is 61.0 Å². The van der Waals surface area contributed by atoms with Gasteiger partial charge < -0.3 is 4.90 Å². The van der Waals surface area contributed by atoms with Crippen molar-refractivity contribution in [3.63, 3.8) is 0 Å². The minimum Gasteiger partial charge on any atom is -0.311 e. The van der Waals surface area contributed by atoms with Gasteiger partial charge in [0.15, 0.2) is 0 Å². The third kappa shape index (κ3) is 4.40. The maximum Gasteiger partial charge on any atom is 0.0462 e. The lowest BCUT2D eigenvalue weighted by molar-refractivity contribution is 1.23. The number of anilines is 3. The van der Waals surface area contributed by atoms with E-state index >= 15 is 0 Å². The number of benzene rings is 8. The van der Waals surface area contributed by atoms with Gasteiger partial charge in [0.1, 0.15) is 0 Å². The summed E-state index contributed by atoms with van der Waals surface area (Å²) in [5, 5.41) is 7.93. The second kappa shape index (κ2) is 11.2. The van der Waals surface area contributed by atoms with Crippen LogP contribution >= 0.6 is 0 Å². The van der Waals surface area contributed by atoms with Crippen molar-refractivity contribution in [1.82, 2.24) is 0 Å². The summed E-state index contributed by atoms with van der Waals surface area (Å²) in [6, 6.07) is 57.7. The maximum absolute atomic E-state index is 2.47. The zero-order valence-corrected chi connectivity index (χ0v) is 27.1. The molecule has 0 aliphatic heterocycles. The van der Waals surface area contributed by atoms with Crippen LogP contribution in [0.25, 0.3) is 66.2 Å². The van der Waals surface area contributed by atoms with Gasteiger partial charge in [-0.3, -0.25) is 0 Å². The van der Waals surface area contributed by atoms with E-state index in [0.29, 0.717) is 0 Å². The van der Waals surface area contributed by atoms with Gasteiger partial charge in [0.25, 0.3) is 0 Å². The van der Waals surface area contributed by atoms with Crippen LogP contribution in [0.15, 0.2) is 170 Å². The number of hydrogen-bond acceptors (Lipinski definition) is 1. The molecule has 0 unspecified atom stereocenters. The SMILES string of the molecule is C1=Cc2ccc3ccc(-c4c5ccccc5c(-c5ccc(N(c6ccccc6)c6ccccc6)cc5)c5ccccc45)c4c3c2C(=CC4)C1. The lowest BCUT2D eigenvalue weighted by Crippen LogP contribution is -2.09. The third-order valence-corrected chi connectivity index (χ3v) is 10.5. The molecule has 0 saturated carbocycles. The molecule has 8 aromatic rings. The summed E-state index contributed by atoms with van der Waals surface area (Å²) < 4.78 is 0. The molecule has 0 saturated heterocycles. The highest BCUT2D eigenvalue weighted by Gasteiger charge is 2.24. The summed E-state index contributed by atoms with van der Waals surface area (Å²) in [5.41, 5.74) is 14.3. The van der Waals surface area contributed by atoms with E-state index in [2.05, 4.69) is 181 Å². The van der Waals surface area contributed by atoms with E-state index in [1.54, 1.807) is 0 Å². The number of rotatable bonds is 5. The van der Waals surface area contributed by atoms with Crippen molar-refractivity contribution in [2.75, 3.05) is 4.90 Å². The molecular formula is C48H33N. The van der Waals surface area contributed by atoms with Gasteiger partial charge in [0.05, 0.1) is 0 Å². The first-order valence-electron chi connectivity index (χ1n) is 17.2. The van der Waals surface area contributed by atoms with Gasteiger partial charge in [0, 0.05) is 17.1 Å². The summed E-state index contributed by atoms with van der Waals surface area (Å²) in [7, 11) is 0. The minimum atomic E-state index is 0.956. The highest BCUT2D eigenvalue weighted by Crippen LogP contribution is 2.49. The van der Waals surface area contributed by atoms with E-state index in [1.165, 1.54) is 76.8 Å². The first-order chi connectivity index (χ1) is 24.3. The Morgan fingerprint density at radius 3 is 1.61 bits per heavy atom. The summed E-state index contributed by atoms with van der Waals surface area (Å²) in [6.07, 6.45) is 9.06. The average Bonchev–Trinajstić information content (AvgIpc) is 3.17. The number of nitrogens with zero attached hydrogens (tertiary/aromatic N) is 1. The van der Waals surface area contributed by atoms with Gasteiger partial charge in [-0.2, -0.15) is 0 Å². The number of hydrogen-bond donors (Lipinski definition) is 0. The first kappa shape index (κ1) is 27.9. The van der Waals surface area contributed by atoms with Crippen molar-refractivity contribution in [3.05, 3.63) is 187 Å². The van der Waals surface area contributed by atoms with E-state index in [9.17, 15) is 0 Å². The summed E-state index contributed by atoms with van der Waals surface area (Å²) in [4.78, 5) is 2.32. The van der Waals surface area contributed by atoms with Crippen molar-refractivity contribution < 1.29 is 0 Å². The molecule has 8 aromatic carbocycles. The van der Waals surface area contributed by atoms with E-state index in [0.717, 1.165) is 29.9 Å². The maximum atomic E-state index is 2.47. The van der Waals surface area contributed by atoms with Gasteiger partial charge >= 0.3 is 0 Å².